The predicted molar refractivity (Wildman–Crippen MR) is 101 cm³/mol. The van der Waals surface area contributed by atoms with Gasteiger partial charge in [0.25, 0.3) is 5.69 Å². The molecule has 1 N–H and O–H groups in total. The molecule has 7 rings (SSSR count). The maximum absolute atomic E-state index is 11.3. The quantitative estimate of drug-likeness (QED) is 0.316. The fourth-order valence-corrected chi connectivity index (χ4v) is 9.32. The van der Waals surface area contributed by atoms with E-state index in [0.717, 1.165) is 45.5 Å². The van der Waals surface area contributed by atoms with Crippen molar-refractivity contribution in [3.63, 3.8) is 0 Å². The van der Waals surface area contributed by atoms with E-state index in [2.05, 4.69) is 33.1 Å². The molecule has 134 valence electrons. The van der Waals surface area contributed by atoms with Gasteiger partial charge >= 0.3 is 5.69 Å². The molecule has 0 heterocycles. The molecule has 1 aromatic rings. The van der Waals surface area contributed by atoms with Gasteiger partial charge in [0.2, 0.25) is 0 Å². The van der Waals surface area contributed by atoms with Crippen LogP contribution in [0.3, 0.4) is 0 Å². The summed E-state index contributed by atoms with van der Waals surface area (Å²) in [5.74, 6) is 5.89. The maximum atomic E-state index is 11.3. The number of benzene rings is 1. The lowest BCUT2D eigenvalue weighted by molar-refractivity contribution is -0.393. The van der Waals surface area contributed by atoms with Gasteiger partial charge in [0.1, 0.15) is 5.69 Å². The van der Waals surface area contributed by atoms with E-state index in [-0.39, 0.29) is 17.1 Å². The zero-order chi connectivity index (χ0) is 17.9. The predicted octanol–water partition coefficient (Wildman–Crippen LogP) is 3.46. The molecule has 0 radical (unpaired) electrons. The highest BCUT2D eigenvalue weighted by molar-refractivity contribution is 14.1. The van der Waals surface area contributed by atoms with Crippen LogP contribution in [-0.4, -0.2) is 19.5 Å². The second kappa shape index (κ2) is 4.73. The molecule has 26 heavy (non-hydrogen) atoms. The lowest BCUT2D eigenvalue weighted by atomic mass is 9.71. The maximum Gasteiger partial charge on any atom is 0.301 e. The van der Waals surface area contributed by atoms with Crippen molar-refractivity contribution in [1.29, 1.82) is 0 Å². The fraction of sp³-hybridized carbons (Fsp3) is 0.588. The summed E-state index contributed by atoms with van der Waals surface area (Å²) in [6, 6.07) is 3.65. The van der Waals surface area contributed by atoms with Crippen LogP contribution in [0.4, 0.5) is 17.1 Å². The third-order valence-electron chi connectivity index (χ3n) is 7.73. The lowest BCUT2D eigenvalue weighted by Gasteiger charge is -2.32. The first-order valence-electron chi connectivity index (χ1n) is 8.89. The van der Waals surface area contributed by atoms with Crippen LogP contribution in [0, 0.1) is 67.6 Å². The van der Waals surface area contributed by atoms with Crippen molar-refractivity contribution in [3.05, 3.63) is 38.4 Å². The van der Waals surface area contributed by atoms with Crippen LogP contribution in [0.25, 0.3) is 0 Å². The van der Waals surface area contributed by atoms with Gasteiger partial charge in [0, 0.05) is 27.5 Å². The van der Waals surface area contributed by atoms with Gasteiger partial charge in [-0.2, -0.15) is 5.10 Å². The van der Waals surface area contributed by atoms with Crippen molar-refractivity contribution in [2.45, 2.75) is 10.3 Å². The summed E-state index contributed by atoms with van der Waals surface area (Å²) in [5, 5.41) is 26.8. The van der Waals surface area contributed by atoms with Crippen molar-refractivity contribution in [1.82, 2.24) is 0 Å². The molecule has 0 spiro atoms. The van der Waals surface area contributed by atoms with Gasteiger partial charge in [0.15, 0.2) is 0 Å². The molecule has 6 saturated carbocycles. The van der Waals surface area contributed by atoms with Crippen LogP contribution in [0.2, 0.25) is 0 Å². The van der Waals surface area contributed by atoms with E-state index in [1.807, 2.05) is 0 Å². The Morgan fingerprint density at radius 3 is 2.50 bits per heavy atom. The second-order valence-electron chi connectivity index (χ2n) is 8.23. The molecule has 6 bridgehead atoms. The summed E-state index contributed by atoms with van der Waals surface area (Å²) < 4.78 is 0.758. The highest BCUT2D eigenvalue weighted by Crippen LogP contribution is 2.82. The van der Waals surface area contributed by atoms with Crippen LogP contribution in [0.15, 0.2) is 23.3 Å². The Bertz CT molecular complexity index is 918. The highest BCUT2D eigenvalue weighted by atomic mass is 127. The summed E-state index contributed by atoms with van der Waals surface area (Å²) in [6.45, 7) is 0. The number of hydrazone groups is 1. The van der Waals surface area contributed by atoms with Crippen molar-refractivity contribution in [2.75, 3.05) is 5.43 Å². The van der Waals surface area contributed by atoms with Crippen LogP contribution in [-0.2, 0) is 0 Å². The molecule has 6 fully saturated rings. The number of rotatable bonds is 4. The average molecular weight is 466 g/mol. The number of non-ortho nitro benzene ring substituents is 1. The van der Waals surface area contributed by atoms with Crippen LogP contribution < -0.4 is 5.43 Å². The number of alkyl halides is 1. The molecule has 0 aromatic heterocycles. The molecular weight excluding hydrogens is 451 g/mol. The Balaban J connectivity index is 1.35. The van der Waals surface area contributed by atoms with Crippen LogP contribution in [0.5, 0.6) is 0 Å². The Kier molecular flexibility index (Phi) is 2.78. The molecule has 0 aliphatic heterocycles. The molecule has 9 atom stereocenters. The number of anilines is 1. The van der Waals surface area contributed by atoms with E-state index >= 15 is 0 Å². The third kappa shape index (κ3) is 1.55. The molecule has 9 heteroatoms. The molecule has 6 aliphatic rings. The summed E-state index contributed by atoms with van der Waals surface area (Å²) in [6.07, 6.45) is 1.34. The van der Waals surface area contributed by atoms with Gasteiger partial charge in [-0.1, -0.05) is 22.6 Å². The van der Waals surface area contributed by atoms with Gasteiger partial charge in [0.05, 0.1) is 15.9 Å². The average Bonchev–Trinajstić information content (AvgIpc) is 3.35. The van der Waals surface area contributed by atoms with Gasteiger partial charge < -0.3 is 0 Å². The van der Waals surface area contributed by atoms with E-state index in [1.165, 1.54) is 24.3 Å². The first kappa shape index (κ1) is 15.3. The molecule has 8 unspecified atom stereocenters. The molecule has 6 aliphatic carbocycles. The van der Waals surface area contributed by atoms with E-state index in [9.17, 15) is 20.2 Å². The fourth-order valence-electron chi connectivity index (χ4n) is 7.38. The summed E-state index contributed by atoms with van der Waals surface area (Å²) in [4.78, 5) is 20.9. The normalized spacial score (nSPS) is 46.8. The topological polar surface area (TPSA) is 111 Å². The van der Waals surface area contributed by atoms with Gasteiger partial charge in [-0.05, 0) is 48.0 Å². The number of hydrogen-bond acceptors (Lipinski definition) is 6. The highest BCUT2D eigenvalue weighted by Gasteiger charge is 2.82. The first-order chi connectivity index (χ1) is 12.5. The number of nitro groups is 2. The summed E-state index contributed by atoms with van der Waals surface area (Å²) >= 11 is 2.65. The number of hydrogen-bond donors (Lipinski definition) is 1. The minimum absolute atomic E-state index is 0.220. The second-order valence-corrected chi connectivity index (χ2v) is 9.67. The Labute approximate surface area is 161 Å². The molecule has 0 amide bonds. The molecule has 8 nitrogen and oxygen atoms in total. The summed E-state index contributed by atoms with van der Waals surface area (Å²) in [5.41, 5.74) is 3.72. The van der Waals surface area contributed by atoms with Crippen molar-refractivity contribution < 1.29 is 9.85 Å². The SMILES string of the molecule is O=[N+]([O-])c1ccc(NN=C2C3C4CC5C3C3C2C4C5[C@@H]3I)c([N+](=O)[O-])c1. The Morgan fingerprint density at radius 1 is 1.04 bits per heavy atom. The van der Waals surface area contributed by atoms with E-state index < -0.39 is 9.85 Å². The Hall–Kier alpha value is -1.78. The first-order valence-corrected chi connectivity index (χ1v) is 10.1. The molecule has 1 aromatic carbocycles. The number of nitrogens with zero attached hydrogens (tertiary/aromatic N) is 3. The molecular formula is C17H15IN4O4. The zero-order valence-corrected chi connectivity index (χ0v) is 15.6. The Morgan fingerprint density at radius 2 is 1.81 bits per heavy atom. The van der Waals surface area contributed by atoms with Crippen molar-refractivity contribution in [2.24, 2.45) is 52.4 Å². The van der Waals surface area contributed by atoms with Crippen LogP contribution in [0.1, 0.15) is 6.42 Å². The monoisotopic (exact) mass is 466 g/mol. The standard InChI is InChI=1S/C17H15IN4O4/c18-16-12-6-4-7-10(12)15-14(16)11(6)13(7)17(15)20-19-8-2-1-5(21(23)24)3-9(8)22(25)26/h1-3,6-7,10-16,19H,4H2/t6?,7?,10?,11?,12?,13?,14?,15?,16-/m0/s1. The minimum atomic E-state index is -0.626. The molecule has 0 saturated heterocycles. The zero-order valence-electron chi connectivity index (χ0n) is 13.5. The minimum Gasteiger partial charge on any atom is -0.272 e. The van der Waals surface area contributed by atoms with E-state index in [1.54, 1.807) is 0 Å². The van der Waals surface area contributed by atoms with Gasteiger partial charge in [-0.3, -0.25) is 25.7 Å². The van der Waals surface area contributed by atoms with E-state index in [0.29, 0.717) is 11.8 Å². The van der Waals surface area contributed by atoms with Crippen molar-refractivity contribution >= 4 is 45.4 Å². The number of halogens is 1. The van der Waals surface area contributed by atoms with Crippen molar-refractivity contribution in [3.8, 4) is 0 Å². The number of nitro benzene ring substituents is 2. The summed E-state index contributed by atoms with van der Waals surface area (Å²) in [7, 11) is 0. The lowest BCUT2D eigenvalue weighted by Crippen LogP contribution is -2.30. The van der Waals surface area contributed by atoms with Crippen LogP contribution >= 0.6 is 22.6 Å². The smallest absolute Gasteiger partial charge is 0.272 e. The largest absolute Gasteiger partial charge is 0.301 e. The van der Waals surface area contributed by atoms with E-state index in [4.69, 9.17) is 0 Å². The van der Waals surface area contributed by atoms with Gasteiger partial charge in [-0.15, -0.1) is 0 Å². The van der Waals surface area contributed by atoms with Gasteiger partial charge in [-0.25, -0.2) is 0 Å². The third-order valence-corrected chi connectivity index (χ3v) is 9.40. The number of nitrogens with one attached hydrogen (secondary N) is 1.